The van der Waals surface area contributed by atoms with Gasteiger partial charge < -0.3 is 4.74 Å². The molecule has 0 aliphatic heterocycles. The Morgan fingerprint density at radius 2 is 1.87 bits per heavy atom. The number of esters is 1. The number of carbonyl (C=O) groups is 1. The lowest BCUT2D eigenvalue weighted by Crippen LogP contribution is -2.04. The number of hydrogen-bond acceptors (Lipinski definition) is 2. The third kappa shape index (κ3) is 2.81. The average molecular weight is 202 g/mol. The minimum Gasteiger partial charge on any atom is -0.462 e. The highest BCUT2D eigenvalue weighted by atomic mass is 16.5. The van der Waals surface area contributed by atoms with Crippen molar-refractivity contribution < 1.29 is 9.53 Å². The lowest BCUT2D eigenvalue weighted by molar-refractivity contribution is 0.0526. The predicted octanol–water partition coefficient (Wildman–Crippen LogP) is 3.06. The first-order valence-corrected chi connectivity index (χ1v) is 4.78. The summed E-state index contributed by atoms with van der Waals surface area (Å²) in [5.41, 5.74) is 2.35. The Morgan fingerprint density at radius 3 is 2.33 bits per heavy atom. The van der Waals surface area contributed by atoms with E-state index in [1.807, 2.05) is 12.1 Å². The summed E-state index contributed by atoms with van der Waals surface area (Å²) in [7, 11) is 0. The van der Waals surface area contributed by atoms with E-state index >= 15 is 0 Å². The Hall–Kier alpha value is -1.83. The van der Waals surface area contributed by atoms with Crippen LogP contribution in [0.2, 0.25) is 0 Å². The molecule has 0 heterocycles. The Kier molecular flexibility index (Phi) is 3.86. The number of ether oxygens (including phenoxy) is 1. The monoisotopic (exact) mass is 202 g/mol. The predicted molar refractivity (Wildman–Crippen MR) is 61.6 cm³/mol. The van der Waals surface area contributed by atoms with Crippen LogP contribution in [0.4, 0.5) is 0 Å². The maximum absolute atomic E-state index is 11.3. The highest BCUT2D eigenvalue weighted by molar-refractivity contribution is 5.90. The molecular weight excluding hydrogens is 188 g/mol. The van der Waals surface area contributed by atoms with Gasteiger partial charge in [0.25, 0.3) is 0 Å². The first-order valence-electron chi connectivity index (χ1n) is 4.78. The van der Waals surface area contributed by atoms with E-state index in [9.17, 15) is 4.79 Å². The molecule has 1 aromatic rings. The summed E-state index contributed by atoms with van der Waals surface area (Å²) >= 11 is 0. The van der Waals surface area contributed by atoms with Gasteiger partial charge in [0.05, 0.1) is 12.2 Å². The molecule has 0 radical (unpaired) electrons. The fraction of sp³-hybridized carbons (Fsp3) is 0.154. The number of rotatable bonds is 4. The molecule has 0 aliphatic rings. The molecule has 0 aliphatic carbocycles. The van der Waals surface area contributed by atoms with Gasteiger partial charge >= 0.3 is 5.97 Å². The number of carbonyl (C=O) groups excluding carboxylic acids is 1. The average Bonchev–Trinajstić information content (AvgIpc) is 2.28. The summed E-state index contributed by atoms with van der Waals surface area (Å²) in [6.45, 7) is 9.63. The molecule has 78 valence electrons. The Bertz CT molecular complexity index is 374. The standard InChI is InChI=1S/C13H14O2/c1-4-10(3)11-6-8-12(9-7-11)13(14)15-5-2/h4,6-9H,1,3,5H2,2H3. The number of benzene rings is 1. The van der Waals surface area contributed by atoms with Crippen LogP contribution in [0.3, 0.4) is 0 Å². The third-order valence-corrected chi connectivity index (χ3v) is 2.01. The first-order chi connectivity index (χ1) is 7.19. The lowest BCUT2D eigenvalue weighted by atomic mass is 10.1. The van der Waals surface area contributed by atoms with Gasteiger partial charge in [0.1, 0.15) is 0 Å². The molecule has 0 unspecified atom stereocenters. The van der Waals surface area contributed by atoms with Crippen LogP contribution in [-0.2, 0) is 4.74 Å². The Balaban J connectivity index is 2.85. The van der Waals surface area contributed by atoms with Crippen molar-refractivity contribution >= 4 is 11.5 Å². The Labute approximate surface area is 89.9 Å². The van der Waals surface area contributed by atoms with Crippen molar-refractivity contribution in [3.63, 3.8) is 0 Å². The summed E-state index contributed by atoms with van der Waals surface area (Å²) in [6, 6.07) is 7.11. The summed E-state index contributed by atoms with van der Waals surface area (Å²) < 4.78 is 4.87. The zero-order valence-electron chi connectivity index (χ0n) is 8.82. The minimum atomic E-state index is -0.298. The van der Waals surface area contributed by atoms with Gasteiger partial charge in [-0.15, -0.1) is 0 Å². The van der Waals surface area contributed by atoms with Crippen molar-refractivity contribution in [2.24, 2.45) is 0 Å². The second-order valence-electron chi connectivity index (χ2n) is 3.03. The summed E-state index contributed by atoms with van der Waals surface area (Å²) in [5.74, 6) is -0.298. The van der Waals surface area contributed by atoms with Gasteiger partial charge in [-0.2, -0.15) is 0 Å². The van der Waals surface area contributed by atoms with E-state index in [0.717, 1.165) is 11.1 Å². The van der Waals surface area contributed by atoms with Crippen LogP contribution in [-0.4, -0.2) is 12.6 Å². The molecule has 2 nitrogen and oxygen atoms in total. The SMILES string of the molecule is C=CC(=C)c1ccc(C(=O)OCC)cc1. The van der Waals surface area contributed by atoms with E-state index in [2.05, 4.69) is 13.2 Å². The van der Waals surface area contributed by atoms with Crippen molar-refractivity contribution in [2.75, 3.05) is 6.61 Å². The summed E-state index contributed by atoms with van der Waals surface area (Å²) in [4.78, 5) is 11.3. The molecule has 0 amide bonds. The molecule has 0 aromatic heterocycles. The van der Waals surface area contributed by atoms with Crippen molar-refractivity contribution in [1.82, 2.24) is 0 Å². The van der Waals surface area contributed by atoms with Crippen molar-refractivity contribution in [1.29, 1.82) is 0 Å². The van der Waals surface area contributed by atoms with Crippen LogP contribution in [0.5, 0.6) is 0 Å². The molecule has 2 heteroatoms. The topological polar surface area (TPSA) is 26.3 Å². The molecule has 0 bridgehead atoms. The van der Waals surface area contributed by atoms with Gasteiger partial charge in [-0.05, 0) is 30.2 Å². The van der Waals surface area contributed by atoms with Gasteiger partial charge in [-0.1, -0.05) is 31.4 Å². The van der Waals surface area contributed by atoms with Crippen molar-refractivity contribution in [3.8, 4) is 0 Å². The highest BCUT2D eigenvalue weighted by Gasteiger charge is 2.05. The van der Waals surface area contributed by atoms with E-state index in [0.29, 0.717) is 12.2 Å². The highest BCUT2D eigenvalue weighted by Crippen LogP contribution is 2.14. The van der Waals surface area contributed by atoms with Gasteiger partial charge in [-0.25, -0.2) is 4.79 Å². The first kappa shape index (κ1) is 11.2. The van der Waals surface area contributed by atoms with Crippen LogP contribution in [0, 0.1) is 0 Å². The molecule has 0 saturated carbocycles. The molecular formula is C13H14O2. The van der Waals surface area contributed by atoms with Crippen LogP contribution < -0.4 is 0 Å². The molecule has 0 N–H and O–H groups in total. The van der Waals surface area contributed by atoms with Gasteiger partial charge in [0.2, 0.25) is 0 Å². The molecule has 1 aromatic carbocycles. The van der Waals surface area contributed by atoms with Gasteiger partial charge in [-0.3, -0.25) is 0 Å². The minimum absolute atomic E-state index is 0.298. The number of hydrogen-bond donors (Lipinski definition) is 0. The largest absolute Gasteiger partial charge is 0.462 e. The fourth-order valence-electron chi connectivity index (χ4n) is 1.15. The fourth-order valence-corrected chi connectivity index (χ4v) is 1.15. The van der Waals surface area contributed by atoms with E-state index in [1.54, 1.807) is 25.1 Å². The van der Waals surface area contributed by atoms with Gasteiger partial charge in [0.15, 0.2) is 0 Å². The molecule has 15 heavy (non-hydrogen) atoms. The summed E-state index contributed by atoms with van der Waals surface area (Å²) in [6.07, 6.45) is 1.68. The Morgan fingerprint density at radius 1 is 1.33 bits per heavy atom. The van der Waals surface area contributed by atoms with Crippen LogP contribution in [0.15, 0.2) is 43.5 Å². The summed E-state index contributed by atoms with van der Waals surface area (Å²) in [5, 5.41) is 0. The van der Waals surface area contributed by atoms with Crippen molar-refractivity contribution in [2.45, 2.75) is 6.92 Å². The quantitative estimate of drug-likeness (QED) is 0.554. The van der Waals surface area contributed by atoms with E-state index in [-0.39, 0.29) is 5.97 Å². The molecule has 0 spiro atoms. The normalized spacial score (nSPS) is 9.40. The van der Waals surface area contributed by atoms with Gasteiger partial charge in [0, 0.05) is 0 Å². The third-order valence-electron chi connectivity index (χ3n) is 2.01. The second-order valence-corrected chi connectivity index (χ2v) is 3.03. The van der Waals surface area contributed by atoms with Crippen LogP contribution >= 0.6 is 0 Å². The van der Waals surface area contributed by atoms with Crippen LogP contribution in [0.1, 0.15) is 22.8 Å². The second kappa shape index (κ2) is 5.15. The van der Waals surface area contributed by atoms with E-state index in [1.165, 1.54) is 0 Å². The zero-order chi connectivity index (χ0) is 11.3. The number of allylic oxidation sites excluding steroid dienone is 2. The van der Waals surface area contributed by atoms with E-state index in [4.69, 9.17) is 4.74 Å². The van der Waals surface area contributed by atoms with E-state index < -0.39 is 0 Å². The molecule has 1 rings (SSSR count). The van der Waals surface area contributed by atoms with Crippen LogP contribution in [0.25, 0.3) is 5.57 Å². The van der Waals surface area contributed by atoms with Crippen molar-refractivity contribution in [3.05, 3.63) is 54.6 Å². The smallest absolute Gasteiger partial charge is 0.338 e. The molecule has 0 atom stereocenters. The molecule has 0 saturated heterocycles. The zero-order valence-corrected chi connectivity index (χ0v) is 8.82. The maximum atomic E-state index is 11.3. The lowest BCUT2D eigenvalue weighted by Gasteiger charge is -2.03. The maximum Gasteiger partial charge on any atom is 0.338 e. The molecule has 0 fully saturated rings.